The Morgan fingerprint density at radius 3 is 2.81 bits per heavy atom. The number of hydrogen-bond donors (Lipinski definition) is 0. The van der Waals surface area contributed by atoms with Gasteiger partial charge in [0.15, 0.2) is 0 Å². The number of hydrogen-bond acceptors (Lipinski definition) is 7. The van der Waals surface area contributed by atoms with Gasteiger partial charge in [-0.3, -0.25) is 10.1 Å². The highest BCUT2D eigenvalue weighted by atomic mass is 79.9. The highest BCUT2D eigenvalue weighted by Crippen LogP contribution is 2.36. The fourth-order valence-corrected chi connectivity index (χ4v) is 3.78. The molecule has 27 heavy (non-hydrogen) atoms. The molecule has 4 rings (SSSR count). The van der Waals surface area contributed by atoms with Gasteiger partial charge in [0, 0.05) is 22.6 Å². The van der Waals surface area contributed by atoms with E-state index in [1.165, 1.54) is 6.07 Å². The Hall–Kier alpha value is -2.81. The van der Waals surface area contributed by atoms with E-state index in [1.54, 1.807) is 13.0 Å². The Morgan fingerprint density at radius 1 is 1.26 bits per heavy atom. The van der Waals surface area contributed by atoms with Gasteiger partial charge in [-0.25, -0.2) is 4.98 Å². The van der Waals surface area contributed by atoms with Crippen molar-refractivity contribution in [3.8, 4) is 11.4 Å². The first-order valence-corrected chi connectivity index (χ1v) is 9.31. The van der Waals surface area contributed by atoms with Crippen LogP contribution in [0.25, 0.3) is 11.4 Å². The Labute approximate surface area is 163 Å². The quantitative estimate of drug-likeness (QED) is 0.445. The van der Waals surface area contributed by atoms with Crippen LogP contribution in [0.15, 0.2) is 45.4 Å². The number of halogens is 1. The van der Waals surface area contributed by atoms with Crippen LogP contribution >= 0.6 is 15.9 Å². The smallest absolute Gasteiger partial charge is 0.290 e. The maximum absolute atomic E-state index is 11.0. The first-order valence-electron chi connectivity index (χ1n) is 8.52. The second-order valence-corrected chi connectivity index (χ2v) is 7.17. The van der Waals surface area contributed by atoms with Crippen molar-refractivity contribution in [3.63, 3.8) is 0 Å². The van der Waals surface area contributed by atoms with E-state index >= 15 is 0 Å². The molecule has 3 aromatic rings. The van der Waals surface area contributed by atoms with Gasteiger partial charge in [0.05, 0.1) is 4.92 Å². The van der Waals surface area contributed by atoms with Gasteiger partial charge < -0.3 is 9.42 Å². The van der Waals surface area contributed by atoms with Crippen molar-refractivity contribution in [2.24, 2.45) is 0 Å². The van der Waals surface area contributed by atoms with Crippen molar-refractivity contribution >= 4 is 27.4 Å². The minimum absolute atomic E-state index is 0.0171. The molecule has 1 atom stereocenters. The van der Waals surface area contributed by atoms with E-state index in [1.807, 2.05) is 24.3 Å². The first-order chi connectivity index (χ1) is 13.0. The molecule has 9 heteroatoms. The SMILES string of the molecule is Cc1nc(N2CCCC2c2nc(-c3ccccc3Br)no2)ccc1[N+](=O)[O-]. The molecule has 1 aliphatic heterocycles. The van der Waals surface area contributed by atoms with Crippen molar-refractivity contribution in [3.05, 3.63) is 62.6 Å². The molecule has 0 aliphatic carbocycles. The molecule has 0 N–H and O–H groups in total. The second-order valence-electron chi connectivity index (χ2n) is 6.32. The number of nitrogens with zero attached hydrogens (tertiary/aromatic N) is 5. The third kappa shape index (κ3) is 3.30. The normalized spacial score (nSPS) is 16.7. The highest BCUT2D eigenvalue weighted by molar-refractivity contribution is 9.10. The lowest BCUT2D eigenvalue weighted by Gasteiger charge is -2.23. The van der Waals surface area contributed by atoms with Crippen LogP contribution in [0.4, 0.5) is 11.5 Å². The maximum Gasteiger partial charge on any atom is 0.290 e. The van der Waals surface area contributed by atoms with E-state index in [-0.39, 0.29) is 11.7 Å². The number of rotatable bonds is 4. The van der Waals surface area contributed by atoms with E-state index in [0.29, 0.717) is 23.2 Å². The van der Waals surface area contributed by atoms with E-state index in [0.717, 1.165) is 29.4 Å². The molecular formula is C18H16BrN5O3. The number of pyridine rings is 1. The van der Waals surface area contributed by atoms with Crippen LogP contribution in [0.1, 0.15) is 30.5 Å². The summed E-state index contributed by atoms with van der Waals surface area (Å²) in [5.74, 6) is 1.73. The summed E-state index contributed by atoms with van der Waals surface area (Å²) in [6.07, 6.45) is 1.81. The van der Waals surface area contributed by atoms with Crippen molar-refractivity contribution in [2.75, 3.05) is 11.4 Å². The summed E-state index contributed by atoms with van der Waals surface area (Å²) in [5.41, 5.74) is 1.27. The summed E-state index contributed by atoms with van der Waals surface area (Å²) in [6.45, 7) is 2.42. The molecular weight excluding hydrogens is 414 g/mol. The Balaban J connectivity index is 1.64. The molecule has 0 radical (unpaired) electrons. The minimum atomic E-state index is -0.421. The lowest BCUT2D eigenvalue weighted by molar-refractivity contribution is -0.385. The average molecular weight is 430 g/mol. The van der Waals surface area contributed by atoms with Crippen LogP contribution in [0.3, 0.4) is 0 Å². The molecule has 0 bridgehead atoms. The van der Waals surface area contributed by atoms with Crippen LogP contribution in [0, 0.1) is 17.0 Å². The van der Waals surface area contributed by atoms with Crippen molar-refractivity contribution < 1.29 is 9.45 Å². The molecule has 0 spiro atoms. The van der Waals surface area contributed by atoms with E-state index in [2.05, 4.69) is 36.0 Å². The Kier molecular flexibility index (Phi) is 4.61. The molecule has 2 aromatic heterocycles. The van der Waals surface area contributed by atoms with Crippen LogP contribution in [0.5, 0.6) is 0 Å². The third-order valence-corrected chi connectivity index (χ3v) is 5.32. The van der Waals surface area contributed by atoms with Gasteiger partial charge in [0.1, 0.15) is 17.6 Å². The largest absolute Gasteiger partial charge is 0.345 e. The summed E-state index contributed by atoms with van der Waals surface area (Å²) >= 11 is 3.50. The van der Waals surface area contributed by atoms with E-state index in [4.69, 9.17) is 4.52 Å². The number of aromatic nitrogens is 3. The molecule has 1 aromatic carbocycles. The van der Waals surface area contributed by atoms with Crippen molar-refractivity contribution in [1.82, 2.24) is 15.1 Å². The van der Waals surface area contributed by atoms with Gasteiger partial charge in [-0.05, 0) is 38.0 Å². The summed E-state index contributed by atoms with van der Waals surface area (Å²) in [5, 5.41) is 15.1. The zero-order valence-electron chi connectivity index (χ0n) is 14.5. The van der Waals surface area contributed by atoms with Crippen LogP contribution in [-0.4, -0.2) is 26.6 Å². The molecule has 1 fully saturated rings. The van der Waals surface area contributed by atoms with E-state index < -0.39 is 4.92 Å². The minimum Gasteiger partial charge on any atom is -0.345 e. The zero-order chi connectivity index (χ0) is 19.0. The molecule has 138 valence electrons. The van der Waals surface area contributed by atoms with Crippen molar-refractivity contribution in [1.29, 1.82) is 0 Å². The number of nitro groups is 1. The molecule has 1 aliphatic rings. The third-order valence-electron chi connectivity index (χ3n) is 4.63. The number of benzene rings is 1. The van der Waals surface area contributed by atoms with E-state index in [9.17, 15) is 10.1 Å². The van der Waals surface area contributed by atoms with Gasteiger partial charge in [-0.2, -0.15) is 4.98 Å². The van der Waals surface area contributed by atoms with Gasteiger partial charge in [0.25, 0.3) is 5.69 Å². The monoisotopic (exact) mass is 429 g/mol. The number of anilines is 1. The van der Waals surface area contributed by atoms with Gasteiger partial charge in [-0.15, -0.1) is 0 Å². The average Bonchev–Trinajstić information content (AvgIpc) is 3.31. The topological polar surface area (TPSA) is 98.2 Å². The fourth-order valence-electron chi connectivity index (χ4n) is 3.31. The maximum atomic E-state index is 11.0. The Morgan fingerprint density at radius 2 is 2.07 bits per heavy atom. The van der Waals surface area contributed by atoms with Gasteiger partial charge in [-0.1, -0.05) is 33.2 Å². The van der Waals surface area contributed by atoms with Crippen LogP contribution in [0.2, 0.25) is 0 Å². The fraction of sp³-hybridized carbons (Fsp3) is 0.278. The molecule has 0 saturated carbocycles. The Bertz CT molecular complexity index is 1010. The van der Waals surface area contributed by atoms with Crippen LogP contribution < -0.4 is 4.90 Å². The molecule has 8 nitrogen and oxygen atoms in total. The predicted octanol–water partition coefficient (Wildman–Crippen LogP) is 4.45. The second kappa shape index (κ2) is 7.07. The van der Waals surface area contributed by atoms with Crippen molar-refractivity contribution in [2.45, 2.75) is 25.8 Å². The number of aryl methyl sites for hydroxylation is 1. The standard InChI is InChI=1S/C18H16BrN5O3/c1-11-14(24(25)26)8-9-16(20-11)23-10-4-7-15(23)18-21-17(22-27-18)12-5-2-3-6-13(12)19/h2-3,5-6,8-9,15H,4,7,10H2,1H3. The summed E-state index contributed by atoms with van der Waals surface area (Å²) < 4.78 is 6.44. The molecule has 1 unspecified atom stereocenters. The lowest BCUT2D eigenvalue weighted by atomic mass is 10.2. The summed E-state index contributed by atoms with van der Waals surface area (Å²) in [4.78, 5) is 21.7. The van der Waals surface area contributed by atoms with Gasteiger partial charge >= 0.3 is 0 Å². The lowest BCUT2D eigenvalue weighted by Crippen LogP contribution is -2.24. The van der Waals surface area contributed by atoms with Crippen LogP contribution in [-0.2, 0) is 0 Å². The molecule has 3 heterocycles. The highest BCUT2D eigenvalue weighted by Gasteiger charge is 2.32. The molecule has 1 saturated heterocycles. The first kappa shape index (κ1) is 17.6. The van der Waals surface area contributed by atoms with Gasteiger partial charge in [0.2, 0.25) is 11.7 Å². The summed E-state index contributed by atoms with van der Waals surface area (Å²) in [7, 11) is 0. The predicted molar refractivity (Wildman–Crippen MR) is 102 cm³/mol. The zero-order valence-corrected chi connectivity index (χ0v) is 16.1. The summed E-state index contributed by atoms with van der Waals surface area (Å²) in [6, 6.07) is 10.8. The molecule has 0 amide bonds.